The summed E-state index contributed by atoms with van der Waals surface area (Å²) < 4.78 is 27.8. The van der Waals surface area contributed by atoms with Crippen LogP contribution in [0.2, 0.25) is 5.02 Å². The number of nitrogens with zero attached hydrogens (tertiary/aromatic N) is 2. The highest BCUT2D eigenvalue weighted by molar-refractivity contribution is 7.90. The Morgan fingerprint density at radius 1 is 1.16 bits per heavy atom. The smallest absolute Gasteiger partial charge is 0.285 e. The van der Waals surface area contributed by atoms with Gasteiger partial charge >= 0.3 is 0 Å². The van der Waals surface area contributed by atoms with Gasteiger partial charge in [-0.05, 0) is 43.5 Å². The molecule has 0 aliphatic carbocycles. The molecule has 0 bridgehead atoms. The van der Waals surface area contributed by atoms with Crippen LogP contribution >= 0.6 is 11.6 Å². The predicted molar refractivity (Wildman–Crippen MR) is 75.7 cm³/mol. The molecule has 0 atom stereocenters. The van der Waals surface area contributed by atoms with Crippen LogP contribution in [0.1, 0.15) is 19.3 Å². The Morgan fingerprint density at radius 2 is 1.74 bits per heavy atom. The number of benzene rings is 1. The molecule has 1 aromatic carbocycles. The SMILES string of the molecule is N/C(=N\S(=O)(=O)c1ccc(Cl)cc1)N1CCCCC1. The molecule has 0 aromatic heterocycles. The molecule has 1 aromatic rings. The maximum Gasteiger partial charge on any atom is 0.285 e. The van der Waals surface area contributed by atoms with Gasteiger partial charge in [0.2, 0.25) is 5.96 Å². The van der Waals surface area contributed by atoms with E-state index < -0.39 is 10.0 Å². The Morgan fingerprint density at radius 3 is 2.32 bits per heavy atom. The first-order chi connectivity index (χ1) is 8.99. The Bertz CT molecular complexity index is 563. The van der Waals surface area contributed by atoms with Crippen LogP contribution in [0.4, 0.5) is 0 Å². The van der Waals surface area contributed by atoms with Gasteiger partial charge in [-0.3, -0.25) is 0 Å². The molecule has 0 saturated carbocycles. The number of hydrogen-bond donors (Lipinski definition) is 1. The van der Waals surface area contributed by atoms with Crippen LogP contribution in [-0.2, 0) is 10.0 Å². The number of likely N-dealkylation sites (tertiary alicyclic amines) is 1. The van der Waals surface area contributed by atoms with Crippen molar-refractivity contribution in [2.24, 2.45) is 10.1 Å². The minimum atomic E-state index is -3.76. The molecule has 1 aliphatic rings. The zero-order chi connectivity index (χ0) is 13.9. The summed E-state index contributed by atoms with van der Waals surface area (Å²) in [5.74, 6) is 0.0645. The van der Waals surface area contributed by atoms with Crippen molar-refractivity contribution >= 4 is 27.6 Å². The number of rotatable bonds is 2. The molecule has 1 heterocycles. The predicted octanol–water partition coefficient (Wildman–Crippen LogP) is 1.83. The summed E-state index contributed by atoms with van der Waals surface area (Å²) in [5, 5.41) is 0.479. The molecular formula is C12H16ClN3O2S. The second-order valence-electron chi connectivity index (χ2n) is 4.43. The fourth-order valence-corrected chi connectivity index (χ4v) is 3.04. The van der Waals surface area contributed by atoms with Gasteiger partial charge in [-0.15, -0.1) is 4.40 Å². The zero-order valence-electron chi connectivity index (χ0n) is 10.4. The average molecular weight is 302 g/mol. The minimum Gasteiger partial charge on any atom is -0.369 e. The molecule has 1 fully saturated rings. The van der Waals surface area contributed by atoms with Crippen molar-refractivity contribution in [3.05, 3.63) is 29.3 Å². The topological polar surface area (TPSA) is 75.8 Å². The molecule has 104 valence electrons. The summed E-state index contributed by atoms with van der Waals surface area (Å²) in [6.07, 6.45) is 3.17. The second kappa shape index (κ2) is 5.79. The van der Waals surface area contributed by atoms with Crippen LogP contribution < -0.4 is 5.73 Å². The van der Waals surface area contributed by atoms with E-state index in [1.54, 1.807) is 4.90 Å². The molecule has 0 spiro atoms. The minimum absolute atomic E-state index is 0.0645. The molecule has 7 heteroatoms. The quantitative estimate of drug-likeness (QED) is 0.668. The summed E-state index contributed by atoms with van der Waals surface area (Å²) in [6.45, 7) is 1.51. The fraction of sp³-hybridized carbons (Fsp3) is 0.417. The van der Waals surface area contributed by atoms with E-state index in [9.17, 15) is 8.42 Å². The van der Waals surface area contributed by atoms with Crippen molar-refractivity contribution in [2.45, 2.75) is 24.2 Å². The summed E-state index contributed by atoms with van der Waals surface area (Å²) >= 11 is 5.73. The van der Waals surface area contributed by atoms with Crippen LogP contribution in [0.5, 0.6) is 0 Å². The van der Waals surface area contributed by atoms with Crippen molar-refractivity contribution in [1.29, 1.82) is 0 Å². The van der Waals surface area contributed by atoms with Crippen molar-refractivity contribution in [1.82, 2.24) is 4.90 Å². The number of sulfonamides is 1. The van der Waals surface area contributed by atoms with Gasteiger partial charge in [0, 0.05) is 18.1 Å². The highest BCUT2D eigenvalue weighted by Gasteiger charge is 2.17. The van der Waals surface area contributed by atoms with E-state index in [0.717, 1.165) is 32.4 Å². The van der Waals surface area contributed by atoms with E-state index in [1.165, 1.54) is 24.3 Å². The van der Waals surface area contributed by atoms with Crippen LogP contribution in [0.25, 0.3) is 0 Å². The monoisotopic (exact) mass is 301 g/mol. The number of halogens is 1. The van der Waals surface area contributed by atoms with Crippen molar-refractivity contribution in [3.63, 3.8) is 0 Å². The highest BCUT2D eigenvalue weighted by Crippen LogP contribution is 2.17. The third kappa shape index (κ3) is 3.61. The Balaban J connectivity index is 2.22. The lowest BCUT2D eigenvalue weighted by Gasteiger charge is -2.27. The summed E-state index contributed by atoms with van der Waals surface area (Å²) in [5.41, 5.74) is 5.77. The Kier molecular flexibility index (Phi) is 4.31. The van der Waals surface area contributed by atoms with E-state index >= 15 is 0 Å². The van der Waals surface area contributed by atoms with E-state index in [0.29, 0.717) is 5.02 Å². The lowest BCUT2D eigenvalue weighted by atomic mass is 10.1. The molecule has 0 amide bonds. The van der Waals surface area contributed by atoms with Gasteiger partial charge < -0.3 is 10.6 Å². The molecule has 19 heavy (non-hydrogen) atoms. The summed E-state index contributed by atoms with van der Waals surface area (Å²) in [7, 11) is -3.76. The number of hydrogen-bond acceptors (Lipinski definition) is 2. The molecule has 0 unspecified atom stereocenters. The van der Waals surface area contributed by atoms with Gasteiger partial charge in [0.1, 0.15) is 0 Å². The normalized spacial score (nSPS) is 17.5. The van der Waals surface area contributed by atoms with Crippen LogP contribution in [0, 0.1) is 0 Å². The van der Waals surface area contributed by atoms with Gasteiger partial charge in [-0.1, -0.05) is 11.6 Å². The first-order valence-electron chi connectivity index (χ1n) is 6.10. The number of piperidine rings is 1. The molecule has 2 rings (SSSR count). The van der Waals surface area contributed by atoms with Gasteiger partial charge in [-0.2, -0.15) is 8.42 Å². The van der Waals surface area contributed by atoms with Crippen molar-refractivity contribution in [2.75, 3.05) is 13.1 Å². The van der Waals surface area contributed by atoms with E-state index in [4.69, 9.17) is 17.3 Å². The van der Waals surface area contributed by atoms with Gasteiger partial charge in [0.05, 0.1) is 4.90 Å². The largest absolute Gasteiger partial charge is 0.369 e. The molecule has 5 nitrogen and oxygen atoms in total. The third-order valence-electron chi connectivity index (χ3n) is 3.01. The third-order valence-corrected chi connectivity index (χ3v) is 4.55. The first-order valence-corrected chi connectivity index (χ1v) is 7.92. The van der Waals surface area contributed by atoms with Gasteiger partial charge in [0.25, 0.3) is 10.0 Å². The number of guanidine groups is 1. The van der Waals surface area contributed by atoms with Gasteiger partial charge in [-0.25, -0.2) is 0 Å². The van der Waals surface area contributed by atoms with Crippen molar-refractivity contribution < 1.29 is 8.42 Å². The number of nitrogens with two attached hydrogens (primary N) is 1. The maximum absolute atomic E-state index is 12.1. The highest BCUT2D eigenvalue weighted by atomic mass is 35.5. The lowest BCUT2D eigenvalue weighted by molar-refractivity contribution is 0.339. The molecule has 0 radical (unpaired) electrons. The van der Waals surface area contributed by atoms with Crippen LogP contribution in [0.15, 0.2) is 33.6 Å². The van der Waals surface area contributed by atoms with E-state index in [1.807, 2.05) is 0 Å². The second-order valence-corrected chi connectivity index (χ2v) is 6.47. The molecule has 2 N–H and O–H groups in total. The standard InChI is InChI=1S/C12H16ClN3O2S/c13-10-4-6-11(7-5-10)19(17,18)15-12(14)16-8-2-1-3-9-16/h4-7H,1-3,8-9H2,(H2,14,15). The van der Waals surface area contributed by atoms with Crippen molar-refractivity contribution in [3.8, 4) is 0 Å². The summed E-state index contributed by atoms with van der Waals surface area (Å²) in [6, 6.07) is 5.87. The maximum atomic E-state index is 12.1. The van der Waals surface area contributed by atoms with Gasteiger partial charge in [0.15, 0.2) is 0 Å². The Hall–Kier alpha value is -1.27. The molecule has 1 saturated heterocycles. The first kappa shape index (κ1) is 14.1. The zero-order valence-corrected chi connectivity index (χ0v) is 12.0. The van der Waals surface area contributed by atoms with E-state index in [-0.39, 0.29) is 10.9 Å². The lowest BCUT2D eigenvalue weighted by Crippen LogP contribution is -2.41. The summed E-state index contributed by atoms with van der Waals surface area (Å²) in [4.78, 5) is 1.90. The average Bonchev–Trinajstić information content (AvgIpc) is 2.40. The fourth-order valence-electron chi connectivity index (χ4n) is 1.96. The van der Waals surface area contributed by atoms with E-state index in [2.05, 4.69) is 4.40 Å². The van der Waals surface area contributed by atoms with Crippen LogP contribution in [-0.4, -0.2) is 32.4 Å². The van der Waals surface area contributed by atoms with Crippen LogP contribution in [0.3, 0.4) is 0 Å². The molecular weight excluding hydrogens is 286 g/mol. The molecule has 1 aliphatic heterocycles. The Labute approximate surface area is 118 Å².